The van der Waals surface area contributed by atoms with E-state index >= 15 is 0 Å². The van der Waals surface area contributed by atoms with Gasteiger partial charge in [-0.25, -0.2) is 18.3 Å². The summed E-state index contributed by atoms with van der Waals surface area (Å²) < 4.78 is 31.6. The SMILES string of the molecule is COC(=O)c1cc(C)nn(Cc2ccc(F)c(F)c2)c1=O. The third kappa shape index (κ3) is 3.13. The van der Waals surface area contributed by atoms with E-state index in [1.54, 1.807) is 6.92 Å². The van der Waals surface area contributed by atoms with Crippen molar-refractivity contribution in [1.82, 2.24) is 9.78 Å². The molecule has 1 heterocycles. The molecule has 0 aliphatic rings. The second-order valence-corrected chi connectivity index (χ2v) is 4.40. The maximum Gasteiger partial charge on any atom is 0.343 e. The Hall–Kier alpha value is -2.57. The molecular weight excluding hydrogens is 282 g/mol. The van der Waals surface area contributed by atoms with Crippen molar-refractivity contribution in [2.75, 3.05) is 7.11 Å². The van der Waals surface area contributed by atoms with E-state index in [4.69, 9.17) is 0 Å². The molecule has 0 N–H and O–H groups in total. The largest absolute Gasteiger partial charge is 0.465 e. The Balaban J connectivity index is 2.44. The highest BCUT2D eigenvalue weighted by atomic mass is 19.2. The molecule has 0 saturated carbocycles. The number of halogens is 2. The molecule has 110 valence electrons. The molecule has 21 heavy (non-hydrogen) atoms. The number of carbonyl (C=O) groups excluding carboxylic acids is 1. The van der Waals surface area contributed by atoms with E-state index in [9.17, 15) is 18.4 Å². The highest BCUT2D eigenvalue weighted by molar-refractivity contribution is 5.88. The number of nitrogens with zero attached hydrogens (tertiary/aromatic N) is 2. The van der Waals surface area contributed by atoms with Crippen LogP contribution in [0.25, 0.3) is 0 Å². The highest BCUT2D eigenvalue weighted by Gasteiger charge is 2.15. The predicted octanol–water partition coefficient (Wildman–Crippen LogP) is 1.66. The van der Waals surface area contributed by atoms with Crippen molar-refractivity contribution in [3.63, 3.8) is 0 Å². The lowest BCUT2D eigenvalue weighted by atomic mass is 10.2. The van der Waals surface area contributed by atoms with Gasteiger partial charge in [-0.1, -0.05) is 6.07 Å². The van der Waals surface area contributed by atoms with Crippen molar-refractivity contribution in [2.24, 2.45) is 0 Å². The van der Waals surface area contributed by atoms with Crippen molar-refractivity contribution >= 4 is 5.97 Å². The summed E-state index contributed by atoms with van der Waals surface area (Å²) >= 11 is 0. The van der Waals surface area contributed by atoms with Gasteiger partial charge in [-0.3, -0.25) is 4.79 Å². The lowest BCUT2D eigenvalue weighted by Gasteiger charge is -2.08. The number of esters is 1. The maximum absolute atomic E-state index is 13.2. The molecule has 0 radical (unpaired) electrons. The van der Waals surface area contributed by atoms with Crippen molar-refractivity contribution in [2.45, 2.75) is 13.5 Å². The molecular formula is C14H12F2N2O3. The molecule has 2 rings (SSSR count). The van der Waals surface area contributed by atoms with Crippen LogP contribution in [0.1, 0.15) is 21.6 Å². The lowest BCUT2D eigenvalue weighted by molar-refractivity contribution is 0.0597. The molecule has 0 amide bonds. The van der Waals surface area contributed by atoms with E-state index in [-0.39, 0.29) is 12.1 Å². The lowest BCUT2D eigenvalue weighted by Crippen LogP contribution is -2.30. The monoisotopic (exact) mass is 294 g/mol. The number of carbonyl (C=O) groups is 1. The van der Waals surface area contributed by atoms with Crippen LogP contribution < -0.4 is 5.56 Å². The van der Waals surface area contributed by atoms with Gasteiger partial charge < -0.3 is 4.74 Å². The second kappa shape index (κ2) is 5.82. The average molecular weight is 294 g/mol. The maximum atomic E-state index is 13.2. The molecule has 0 atom stereocenters. The van der Waals surface area contributed by atoms with Crippen LogP contribution in [0, 0.1) is 18.6 Å². The topological polar surface area (TPSA) is 61.2 Å². The fourth-order valence-corrected chi connectivity index (χ4v) is 1.85. The first-order valence-corrected chi connectivity index (χ1v) is 6.03. The zero-order chi connectivity index (χ0) is 15.6. The second-order valence-electron chi connectivity index (χ2n) is 4.40. The standard InChI is InChI=1S/C14H12F2N2O3/c1-8-5-10(14(20)21-2)13(19)18(17-8)7-9-3-4-11(15)12(16)6-9/h3-6H,7H2,1-2H3. The number of hydrogen-bond donors (Lipinski definition) is 0. The summed E-state index contributed by atoms with van der Waals surface area (Å²) in [5, 5.41) is 3.98. The number of aryl methyl sites for hydroxylation is 1. The Labute approximate surface area is 118 Å². The molecule has 1 aromatic carbocycles. The number of methoxy groups -OCH3 is 1. The molecule has 0 fully saturated rings. The van der Waals surface area contributed by atoms with E-state index in [1.165, 1.54) is 12.1 Å². The molecule has 0 aliphatic heterocycles. The highest BCUT2D eigenvalue weighted by Crippen LogP contribution is 2.09. The Morgan fingerprint density at radius 3 is 2.62 bits per heavy atom. The van der Waals surface area contributed by atoms with Crippen LogP contribution in [-0.4, -0.2) is 22.9 Å². The van der Waals surface area contributed by atoms with Crippen LogP contribution in [0.5, 0.6) is 0 Å². The molecule has 0 unspecified atom stereocenters. The van der Waals surface area contributed by atoms with Crippen LogP contribution in [-0.2, 0) is 11.3 Å². The molecule has 0 spiro atoms. The van der Waals surface area contributed by atoms with E-state index in [1.807, 2.05) is 0 Å². The fraction of sp³-hybridized carbons (Fsp3) is 0.214. The number of ether oxygens (including phenoxy) is 1. The molecule has 0 aliphatic carbocycles. The minimum Gasteiger partial charge on any atom is -0.465 e. The van der Waals surface area contributed by atoms with Gasteiger partial charge in [-0.2, -0.15) is 5.10 Å². The minimum atomic E-state index is -1.01. The molecule has 5 nitrogen and oxygen atoms in total. The molecule has 7 heteroatoms. The summed E-state index contributed by atoms with van der Waals surface area (Å²) in [5.74, 6) is -2.76. The predicted molar refractivity (Wildman–Crippen MR) is 70.0 cm³/mol. The van der Waals surface area contributed by atoms with Gasteiger partial charge in [0.1, 0.15) is 5.56 Å². The number of rotatable bonds is 3. The van der Waals surface area contributed by atoms with Crippen LogP contribution >= 0.6 is 0 Å². The Morgan fingerprint density at radius 1 is 1.29 bits per heavy atom. The molecule has 0 saturated heterocycles. The minimum absolute atomic E-state index is 0.0816. The number of benzene rings is 1. The molecule has 2 aromatic rings. The van der Waals surface area contributed by atoms with Crippen molar-refractivity contribution in [1.29, 1.82) is 0 Å². The van der Waals surface area contributed by atoms with Crippen molar-refractivity contribution < 1.29 is 18.3 Å². The van der Waals surface area contributed by atoms with Crippen LogP contribution in [0.3, 0.4) is 0 Å². The Kier molecular flexibility index (Phi) is 4.11. The third-order valence-electron chi connectivity index (χ3n) is 2.82. The van der Waals surface area contributed by atoms with Gasteiger partial charge in [0.05, 0.1) is 19.3 Å². The first-order chi connectivity index (χ1) is 9.92. The van der Waals surface area contributed by atoms with Crippen molar-refractivity contribution in [3.8, 4) is 0 Å². The van der Waals surface area contributed by atoms with Gasteiger partial charge in [0.25, 0.3) is 5.56 Å². The van der Waals surface area contributed by atoms with E-state index in [2.05, 4.69) is 9.84 Å². The zero-order valence-electron chi connectivity index (χ0n) is 11.4. The first kappa shape index (κ1) is 14.8. The van der Waals surface area contributed by atoms with Crippen LogP contribution in [0.15, 0.2) is 29.1 Å². The van der Waals surface area contributed by atoms with Gasteiger partial charge in [0.2, 0.25) is 0 Å². The van der Waals surface area contributed by atoms with Gasteiger partial charge >= 0.3 is 5.97 Å². The summed E-state index contributed by atoms with van der Waals surface area (Å²) in [6, 6.07) is 4.60. The average Bonchev–Trinajstić information content (AvgIpc) is 2.45. The quantitative estimate of drug-likeness (QED) is 0.808. The van der Waals surface area contributed by atoms with Gasteiger partial charge in [0, 0.05) is 0 Å². The summed E-state index contributed by atoms with van der Waals surface area (Å²) in [4.78, 5) is 23.6. The van der Waals surface area contributed by atoms with E-state index < -0.39 is 23.2 Å². The van der Waals surface area contributed by atoms with E-state index in [0.717, 1.165) is 23.9 Å². The summed E-state index contributed by atoms with van der Waals surface area (Å²) in [7, 11) is 1.16. The van der Waals surface area contributed by atoms with Gasteiger partial charge in [-0.05, 0) is 30.7 Å². The first-order valence-electron chi connectivity index (χ1n) is 6.03. The zero-order valence-corrected chi connectivity index (χ0v) is 11.4. The van der Waals surface area contributed by atoms with Crippen LogP contribution in [0.4, 0.5) is 8.78 Å². The van der Waals surface area contributed by atoms with Gasteiger partial charge in [-0.15, -0.1) is 0 Å². The molecule has 1 aromatic heterocycles. The van der Waals surface area contributed by atoms with E-state index in [0.29, 0.717) is 11.3 Å². The normalized spacial score (nSPS) is 10.5. The number of aromatic nitrogens is 2. The Morgan fingerprint density at radius 2 is 2.00 bits per heavy atom. The third-order valence-corrected chi connectivity index (χ3v) is 2.82. The smallest absolute Gasteiger partial charge is 0.343 e. The summed E-state index contributed by atoms with van der Waals surface area (Å²) in [5.41, 5.74) is -0.0349. The Bertz CT molecular complexity index is 756. The molecule has 0 bridgehead atoms. The van der Waals surface area contributed by atoms with Gasteiger partial charge in [0.15, 0.2) is 11.6 Å². The summed E-state index contributed by atoms with van der Waals surface area (Å²) in [6.07, 6.45) is 0. The summed E-state index contributed by atoms with van der Waals surface area (Å²) in [6.45, 7) is 1.52. The van der Waals surface area contributed by atoms with Crippen LogP contribution in [0.2, 0.25) is 0 Å². The van der Waals surface area contributed by atoms with Crippen molar-refractivity contribution in [3.05, 3.63) is 63.1 Å². The number of hydrogen-bond acceptors (Lipinski definition) is 4. The fourth-order valence-electron chi connectivity index (χ4n) is 1.85.